The first-order valence-corrected chi connectivity index (χ1v) is 12.4. The van der Waals surface area contributed by atoms with Gasteiger partial charge in [-0.25, -0.2) is 0 Å². The van der Waals surface area contributed by atoms with E-state index in [4.69, 9.17) is 4.74 Å². The lowest BCUT2D eigenvalue weighted by atomic mass is 10.1. The van der Waals surface area contributed by atoms with Gasteiger partial charge in [-0.1, -0.05) is 71.5 Å². The number of amides is 1. The molecule has 0 atom stereocenters. The molecule has 3 heterocycles. The summed E-state index contributed by atoms with van der Waals surface area (Å²) < 4.78 is 6.76. The minimum Gasteiger partial charge on any atom is -0.426 e. The number of para-hydroxylation sites is 2. The summed E-state index contributed by atoms with van der Waals surface area (Å²) in [5, 5.41) is 4.39. The molecule has 0 radical (unpaired) electrons. The molecule has 0 spiro atoms. The molecule has 0 fully saturated rings. The molecule has 0 unspecified atom stereocenters. The summed E-state index contributed by atoms with van der Waals surface area (Å²) in [4.78, 5) is 45.2. The molecule has 0 N–H and O–H groups in total. The molecule has 37 heavy (non-hydrogen) atoms. The van der Waals surface area contributed by atoms with Gasteiger partial charge >= 0.3 is 5.97 Å². The summed E-state index contributed by atoms with van der Waals surface area (Å²) in [6.07, 6.45) is 0. The van der Waals surface area contributed by atoms with Crippen molar-refractivity contribution in [1.29, 1.82) is 0 Å². The van der Waals surface area contributed by atoms with Gasteiger partial charge in [0.05, 0.1) is 23.4 Å². The minimum absolute atomic E-state index is 0.233. The van der Waals surface area contributed by atoms with Gasteiger partial charge in [-0.05, 0) is 30.7 Å². The topological polar surface area (TPSA) is 93.9 Å². The second kappa shape index (κ2) is 8.79. The van der Waals surface area contributed by atoms with Gasteiger partial charge in [0.1, 0.15) is 10.3 Å². The van der Waals surface area contributed by atoms with Crippen molar-refractivity contribution in [3.8, 4) is 17.1 Å². The van der Waals surface area contributed by atoms with Gasteiger partial charge in [0.25, 0.3) is 11.5 Å². The average molecular weight is 509 g/mol. The number of esters is 1. The van der Waals surface area contributed by atoms with Gasteiger partial charge in [-0.2, -0.15) is 9.50 Å². The van der Waals surface area contributed by atoms with E-state index >= 15 is 0 Å². The van der Waals surface area contributed by atoms with Crippen LogP contribution in [0.1, 0.15) is 23.6 Å². The third-order valence-electron chi connectivity index (χ3n) is 6.15. The summed E-state index contributed by atoms with van der Waals surface area (Å²) in [6.45, 7) is 3.72. The van der Waals surface area contributed by atoms with Crippen molar-refractivity contribution in [1.82, 2.24) is 14.6 Å². The number of fused-ring (bicyclic) bond motifs is 2. The van der Waals surface area contributed by atoms with Crippen LogP contribution in [0.2, 0.25) is 0 Å². The fourth-order valence-electron chi connectivity index (χ4n) is 4.43. The maximum atomic E-state index is 13.7. The number of aryl methyl sites for hydroxylation is 1. The van der Waals surface area contributed by atoms with Crippen molar-refractivity contribution in [3.05, 3.63) is 104 Å². The molecule has 6 rings (SSSR count). The van der Waals surface area contributed by atoms with Crippen LogP contribution in [-0.4, -0.2) is 26.5 Å². The molecule has 0 aliphatic carbocycles. The first-order chi connectivity index (χ1) is 17.9. The van der Waals surface area contributed by atoms with Gasteiger partial charge in [0.15, 0.2) is 5.82 Å². The molecule has 0 saturated heterocycles. The molecule has 0 saturated carbocycles. The molecule has 9 heteroatoms. The number of hydrogen-bond acceptors (Lipinski definition) is 7. The van der Waals surface area contributed by atoms with Gasteiger partial charge in [0.2, 0.25) is 4.96 Å². The molecule has 1 aliphatic rings. The summed E-state index contributed by atoms with van der Waals surface area (Å²) in [7, 11) is 0. The summed E-state index contributed by atoms with van der Waals surface area (Å²) in [5.74, 6) is -0.132. The predicted molar refractivity (Wildman–Crippen MR) is 140 cm³/mol. The summed E-state index contributed by atoms with van der Waals surface area (Å²) in [5.41, 5.74) is 4.04. The molecule has 3 aromatic carbocycles. The van der Waals surface area contributed by atoms with E-state index in [-0.39, 0.29) is 11.7 Å². The molecule has 5 aromatic rings. The van der Waals surface area contributed by atoms with Crippen molar-refractivity contribution in [2.24, 2.45) is 0 Å². The fourth-order valence-corrected chi connectivity index (χ4v) is 5.42. The summed E-state index contributed by atoms with van der Waals surface area (Å²) >= 11 is 1.12. The van der Waals surface area contributed by atoms with Crippen LogP contribution >= 0.6 is 11.3 Å². The Morgan fingerprint density at radius 1 is 0.946 bits per heavy atom. The molecule has 1 amide bonds. The Kier molecular flexibility index (Phi) is 5.42. The number of carbonyl (C=O) groups excluding carboxylic acids is 2. The third kappa shape index (κ3) is 3.89. The Labute approximate surface area is 215 Å². The number of thiazole rings is 1. The second-order valence-electron chi connectivity index (χ2n) is 8.72. The maximum absolute atomic E-state index is 13.7. The first kappa shape index (κ1) is 22.8. The van der Waals surface area contributed by atoms with E-state index in [0.717, 1.165) is 28.2 Å². The molecule has 1 aliphatic heterocycles. The molecule has 8 nitrogen and oxygen atoms in total. The predicted octanol–water partition coefficient (Wildman–Crippen LogP) is 3.52. The molecule has 2 aromatic heterocycles. The van der Waals surface area contributed by atoms with E-state index in [2.05, 4.69) is 10.1 Å². The number of benzene rings is 3. The zero-order valence-corrected chi connectivity index (χ0v) is 20.8. The normalized spacial score (nSPS) is 14.3. The minimum atomic E-state index is -0.467. The number of aromatic nitrogens is 3. The van der Waals surface area contributed by atoms with E-state index in [9.17, 15) is 14.4 Å². The van der Waals surface area contributed by atoms with Crippen LogP contribution in [0.4, 0.5) is 5.69 Å². The highest BCUT2D eigenvalue weighted by atomic mass is 32.1. The lowest BCUT2D eigenvalue weighted by molar-refractivity contribution is -0.131. The Morgan fingerprint density at radius 3 is 2.38 bits per heavy atom. The van der Waals surface area contributed by atoms with Gasteiger partial charge in [-0.15, -0.1) is 5.10 Å². The molecule has 0 bridgehead atoms. The lowest BCUT2D eigenvalue weighted by Gasteiger charge is -2.17. The van der Waals surface area contributed by atoms with Crippen LogP contribution in [0.25, 0.3) is 21.9 Å². The second-order valence-corrected chi connectivity index (χ2v) is 9.70. The van der Waals surface area contributed by atoms with Crippen LogP contribution in [0.5, 0.6) is 5.75 Å². The van der Waals surface area contributed by atoms with E-state index in [1.165, 1.54) is 11.4 Å². The van der Waals surface area contributed by atoms with Crippen molar-refractivity contribution in [2.45, 2.75) is 20.4 Å². The fraction of sp³-hybridized carbons (Fsp3) is 0.107. The van der Waals surface area contributed by atoms with Crippen LogP contribution in [0.15, 0.2) is 77.6 Å². The first-order valence-electron chi connectivity index (χ1n) is 11.6. The Balaban J connectivity index is 1.47. The molecule has 182 valence electrons. The lowest BCUT2D eigenvalue weighted by Crippen LogP contribution is -2.32. The van der Waals surface area contributed by atoms with Gasteiger partial charge in [-0.3, -0.25) is 14.4 Å². The zero-order valence-electron chi connectivity index (χ0n) is 20.0. The Morgan fingerprint density at radius 2 is 1.65 bits per heavy atom. The summed E-state index contributed by atoms with van der Waals surface area (Å²) in [6, 6.07) is 22.4. The van der Waals surface area contributed by atoms with Crippen LogP contribution in [0, 0.1) is 6.92 Å². The highest BCUT2D eigenvalue weighted by Crippen LogP contribution is 2.36. The van der Waals surface area contributed by atoms with Crippen LogP contribution in [0.3, 0.4) is 0 Å². The standard InChI is InChI=1S/C28H20N4O4S/c1-16-11-13-18(14-12-16)15-31-21-9-5-3-7-19(21)23(26(31)34)24-27(35)32-28(37-24)29-25(30-32)20-8-4-6-10-22(20)36-17(2)33/h3-14H,15H2,1-2H3. The largest absolute Gasteiger partial charge is 0.426 e. The number of carbonyl (C=O) groups is 2. The van der Waals surface area contributed by atoms with E-state index in [0.29, 0.717) is 38.5 Å². The number of hydrogen-bond donors (Lipinski definition) is 0. The monoisotopic (exact) mass is 508 g/mol. The van der Waals surface area contributed by atoms with E-state index in [1.54, 1.807) is 29.2 Å². The smallest absolute Gasteiger partial charge is 0.308 e. The van der Waals surface area contributed by atoms with Crippen molar-refractivity contribution in [3.63, 3.8) is 0 Å². The Bertz CT molecular complexity index is 1820. The third-order valence-corrected chi connectivity index (χ3v) is 7.18. The highest BCUT2D eigenvalue weighted by Gasteiger charge is 2.34. The highest BCUT2D eigenvalue weighted by molar-refractivity contribution is 7.15. The average Bonchev–Trinajstić information content (AvgIpc) is 3.51. The van der Waals surface area contributed by atoms with E-state index in [1.807, 2.05) is 55.5 Å². The Hall–Kier alpha value is -4.63. The van der Waals surface area contributed by atoms with Crippen molar-refractivity contribution >= 4 is 39.4 Å². The number of nitrogens with zero attached hydrogens (tertiary/aromatic N) is 4. The molecular formula is C28H20N4O4S. The van der Waals surface area contributed by atoms with Crippen molar-refractivity contribution in [2.75, 3.05) is 4.90 Å². The number of rotatable bonds is 4. The quantitative estimate of drug-likeness (QED) is 0.272. The van der Waals surface area contributed by atoms with Gasteiger partial charge < -0.3 is 9.64 Å². The number of anilines is 1. The van der Waals surface area contributed by atoms with Crippen molar-refractivity contribution < 1.29 is 14.3 Å². The number of ether oxygens (including phenoxy) is 1. The van der Waals surface area contributed by atoms with E-state index < -0.39 is 11.5 Å². The van der Waals surface area contributed by atoms with Gasteiger partial charge in [0, 0.05) is 12.5 Å². The zero-order chi connectivity index (χ0) is 25.7. The maximum Gasteiger partial charge on any atom is 0.308 e. The SMILES string of the molecule is CC(=O)Oc1ccccc1-c1nc2sc(=C3C(=O)N(Cc4ccc(C)cc4)c4ccccc43)c(=O)n2n1. The molecular weight excluding hydrogens is 488 g/mol. The van der Waals surface area contributed by atoms with Crippen LogP contribution in [-0.2, 0) is 16.1 Å². The van der Waals surface area contributed by atoms with Crippen LogP contribution < -0.4 is 19.7 Å².